The molecular formula is C16H11FN2O4S. The van der Waals surface area contributed by atoms with E-state index in [2.05, 4.69) is 0 Å². The molecule has 1 aliphatic carbocycles. The molecular weight excluding hydrogens is 335 g/mol. The smallest absolute Gasteiger partial charge is 0.238 e. The van der Waals surface area contributed by atoms with Gasteiger partial charge in [0.15, 0.2) is 5.78 Å². The van der Waals surface area contributed by atoms with Crippen molar-refractivity contribution in [3.05, 3.63) is 52.8 Å². The van der Waals surface area contributed by atoms with Gasteiger partial charge in [0.2, 0.25) is 10.0 Å². The van der Waals surface area contributed by atoms with Gasteiger partial charge in [-0.15, -0.1) is 0 Å². The molecule has 0 radical (unpaired) electrons. The number of carbonyl (C=O) groups excluding carboxylic acids is 1. The molecule has 0 unspecified atom stereocenters. The largest absolute Gasteiger partial charge is 0.457 e. The normalized spacial score (nSPS) is 13.5. The van der Waals surface area contributed by atoms with Crippen LogP contribution in [-0.4, -0.2) is 14.2 Å². The minimum Gasteiger partial charge on any atom is -0.457 e. The molecule has 0 amide bonds. The van der Waals surface area contributed by atoms with E-state index in [9.17, 15) is 17.6 Å². The van der Waals surface area contributed by atoms with Crippen LogP contribution in [0, 0.1) is 17.1 Å². The number of carbonyl (C=O) groups is 1. The SMILES string of the molecule is N#Cc1cc(F)cc(Oc2ccc(S(N)(=O)=O)c3c2CCC3=O)c1. The Labute approximate surface area is 137 Å². The van der Waals surface area contributed by atoms with Crippen LogP contribution in [0.2, 0.25) is 0 Å². The lowest BCUT2D eigenvalue weighted by Crippen LogP contribution is -2.16. The number of ketones is 1. The van der Waals surface area contributed by atoms with Gasteiger partial charge >= 0.3 is 0 Å². The van der Waals surface area contributed by atoms with Crippen molar-refractivity contribution in [2.75, 3.05) is 0 Å². The average Bonchev–Trinajstić information content (AvgIpc) is 2.88. The molecule has 2 aromatic carbocycles. The molecule has 0 spiro atoms. The van der Waals surface area contributed by atoms with Crippen LogP contribution in [0.5, 0.6) is 11.5 Å². The van der Waals surface area contributed by atoms with Gasteiger partial charge in [-0.3, -0.25) is 4.79 Å². The minimum absolute atomic E-state index is 0.0203. The first-order valence-electron chi connectivity index (χ1n) is 6.90. The van der Waals surface area contributed by atoms with Crippen molar-refractivity contribution in [3.63, 3.8) is 0 Å². The standard InChI is InChI=1S/C16H11FN2O4S/c17-10-5-9(8-18)6-11(7-10)23-14-3-4-15(24(19,21)22)16-12(14)1-2-13(16)20/h3-7H,1-2H2,(H2,19,21,22). The molecule has 3 rings (SSSR count). The zero-order valence-corrected chi connectivity index (χ0v) is 13.1. The molecule has 0 atom stereocenters. The monoisotopic (exact) mass is 346 g/mol. The van der Waals surface area contributed by atoms with E-state index in [0.29, 0.717) is 12.0 Å². The highest BCUT2D eigenvalue weighted by atomic mass is 32.2. The molecule has 2 aromatic rings. The lowest BCUT2D eigenvalue weighted by molar-refractivity contribution is 0.0991. The van der Waals surface area contributed by atoms with Crippen molar-refractivity contribution in [2.24, 2.45) is 5.14 Å². The number of halogens is 1. The number of nitrogens with zero attached hydrogens (tertiary/aromatic N) is 1. The Balaban J connectivity index is 2.10. The predicted molar refractivity (Wildman–Crippen MR) is 81.7 cm³/mol. The van der Waals surface area contributed by atoms with Crippen molar-refractivity contribution in [2.45, 2.75) is 17.7 Å². The fourth-order valence-corrected chi connectivity index (χ4v) is 3.45. The molecule has 122 valence electrons. The molecule has 0 aromatic heterocycles. The number of fused-ring (bicyclic) bond motifs is 1. The topological polar surface area (TPSA) is 110 Å². The maximum Gasteiger partial charge on any atom is 0.238 e. The summed E-state index contributed by atoms with van der Waals surface area (Å²) in [6.07, 6.45) is 0.443. The molecule has 6 nitrogen and oxygen atoms in total. The fraction of sp³-hybridized carbons (Fsp3) is 0.125. The van der Waals surface area contributed by atoms with Crippen LogP contribution in [0.3, 0.4) is 0 Å². The van der Waals surface area contributed by atoms with Crippen LogP contribution in [0.25, 0.3) is 0 Å². The van der Waals surface area contributed by atoms with Gasteiger partial charge in [0.1, 0.15) is 17.3 Å². The number of rotatable bonds is 3. The van der Waals surface area contributed by atoms with Crippen molar-refractivity contribution in [1.82, 2.24) is 0 Å². The van der Waals surface area contributed by atoms with E-state index in [4.69, 9.17) is 15.1 Å². The highest BCUT2D eigenvalue weighted by Gasteiger charge is 2.30. The van der Waals surface area contributed by atoms with Crippen LogP contribution >= 0.6 is 0 Å². The number of primary sulfonamides is 1. The maximum atomic E-state index is 13.5. The molecule has 1 aliphatic rings. The summed E-state index contributed by atoms with van der Waals surface area (Å²) in [6.45, 7) is 0. The second kappa shape index (κ2) is 5.70. The molecule has 0 saturated heterocycles. The molecule has 0 aliphatic heterocycles. The first kappa shape index (κ1) is 16.1. The molecule has 0 saturated carbocycles. The highest BCUT2D eigenvalue weighted by molar-refractivity contribution is 7.89. The third-order valence-corrected chi connectivity index (χ3v) is 4.60. The van der Waals surface area contributed by atoms with E-state index in [0.717, 1.165) is 12.1 Å². The van der Waals surface area contributed by atoms with Crippen LogP contribution in [0.1, 0.15) is 27.9 Å². The zero-order chi connectivity index (χ0) is 17.5. The number of sulfonamides is 1. The van der Waals surface area contributed by atoms with Crippen molar-refractivity contribution < 1.29 is 22.3 Å². The first-order valence-corrected chi connectivity index (χ1v) is 8.44. The summed E-state index contributed by atoms with van der Waals surface area (Å²) in [5, 5.41) is 14.0. The van der Waals surface area contributed by atoms with Crippen LogP contribution in [-0.2, 0) is 16.4 Å². The Morgan fingerprint density at radius 2 is 1.96 bits per heavy atom. The number of ether oxygens (including phenoxy) is 1. The summed E-state index contributed by atoms with van der Waals surface area (Å²) in [5.74, 6) is -0.663. The molecule has 0 bridgehead atoms. The van der Waals surface area contributed by atoms with E-state index in [1.165, 1.54) is 18.2 Å². The van der Waals surface area contributed by atoms with E-state index >= 15 is 0 Å². The summed E-state index contributed by atoms with van der Waals surface area (Å²) < 4.78 is 42.3. The Hall–Kier alpha value is -2.76. The van der Waals surface area contributed by atoms with Gasteiger partial charge in [0, 0.05) is 23.6 Å². The van der Waals surface area contributed by atoms with Gasteiger partial charge in [-0.1, -0.05) is 0 Å². The Morgan fingerprint density at radius 1 is 1.21 bits per heavy atom. The highest BCUT2D eigenvalue weighted by Crippen LogP contribution is 2.37. The average molecular weight is 346 g/mol. The van der Waals surface area contributed by atoms with Crippen molar-refractivity contribution >= 4 is 15.8 Å². The molecule has 0 heterocycles. The first-order chi connectivity index (χ1) is 11.3. The van der Waals surface area contributed by atoms with Gasteiger partial charge in [-0.2, -0.15) is 5.26 Å². The predicted octanol–water partition coefficient (Wildman–Crippen LogP) is 2.27. The van der Waals surface area contributed by atoms with Gasteiger partial charge in [-0.25, -0.2) is 17.9 Å². The van der Waals surface area contributed by atoms with E-state index < -0.39 is 15.8 Å². The summed E-state index contributed by atoms with van der Waals surface area (Å²) in [6, 6.07) is 7.88. The minimum atomic E-state index is -4.05. The maximum absolute atomic E-state index is 13.5. The zero-order valence-electron chi connectivity index (χ0n) is 12.2. The van der Waals surface area contributed by atoms with Gasteiger partial charge < -0.3 is 4.74 Å². The third-order valence-electron chi connectivity index (χ3n) is 3.65. The molecule has 0 fully saturated rings. The Kier molecular flexibility index (Phi) is 3.83. The summed E-state index contributed by atoms with van der Waals surface area (Å²) in [7, 11) is -4.05. The second-order valence-electron chi connectivity index (χ2n) is 5.27. The Bertz CT molecular complexity index is 1010. The number of Topliss-reactive ketones (excluding diaryl/α,β-unsaturated/α-hetero) is 1. The lowest BCUT2D eigenvalue weighted by Gasteiger charge is -2.12. The molecule has 8 heteroatoms. The summed E-state index contributed by atoms with van der Waals surface area (Å²) in [4.78, 5) is 11.8. The number of nitriles is 1. The van der Waals surface area contributed by atoms with Gasteiger partial charge in [-0.05, 0) is 30.7 Å². The van der Waals surface area contributed by atoms with Crippen molar-refractivity contribution in [3.8, 4) is 17.6 Å². The van der Waals surface area contributed by atoms with E-state index in [-0.39, 0.29) is 39.7 Å². The van der Waals surface area contributed by atoms with Gasteiger partial charge in [0.25, 0.3) is 0 Å². The number of nitrogens with two attached hydrogens (primary N) is 1. The van der Waals surface area contributed by atoms with Crippen molar-refractivity contribution in [1.29, 1.82) is 5.26 Å². The summed E-state index contributed by atoms with van der Waals surface area (Å²) >= 11 is 0. The van der Waals surface area contributed by atoms with E-state index in [1.807, 2.05) is 6.07 Å². The van der Waals surface area contributed by atoms with E-state index in [1.54, 1.807) is 0 Å². The lowest BCUT2D eigenvalue weighted by atomic mass is 10.1. The fourth-order valence-electron chi connectivity index (χ4n) is 2.67. The second-order valence-corrected chi connectivity index (χ2v) is 6.80. The Morgan fingerprint density at radius 3 is 2.62 bits per heavy atom. The quantitative estimate of drug-likeness (QED) is 0.916. The number of benzene rings is 2. The number of hydrogen-bond acceptors (Lipinski definition) is 5. The molecule has 24 heavy (non-hydrogen) atoms. The van der Waals surface area contributed by atoms with Crippen LogP contribution in [0.15, 0.2) is 35.2 Å². The summed E-state index contributed by atoms with van der Waals surface area (Å²) in [5.41, 5.74) is 0.514. The molecule has 2 N–H and O–H groups in total. The van der Waals surface area contributed by atoms with Crippen LogP contribution in [0.4, 0.5) is 4.39 Å². The third kappa shape index (κ3) is 2.87. The number of hydrogen-bond donors (Lipinski definition) is 1. The van der Waals surface area contributed by atoms with Crippen LogP contribution < -0.4 is 9.88 Å². The van der Waals surface area contributed by atoms with Gasteiger partial charge in [0.05, 0.1) is 16.5 Å².